The molecule has 0 saturated heterocycles. The van der Waals surface area contributed by atoms with E-state index in [1.807, 2.05) is 24.3 Å². The smallest absolute Gasteiger partial charge is 0.165 e. The van der Waals surface area contributed by atoms with E-state index in [-0.39, 0.29) is 0 Å². The normalized spacial score (nSPS) is 10.6. The van der Waals surface area contributed by atoms with Crippen molar-refractivity contribution in [2.75, 3.05) is 0 Å². The maximum Gasteiger partial charge on any atom is 0.165 e. The highest BCUT2D eigenvalue weighted by Gasteiger charge is 1.94. The second-order valence-electron chi connectivity index (χ2n) is 2.52. The zero-order chi connectivity index (χ0) is 7.68. The summed E-state index contributed by atoms with van der Waals surface area (Å²) in [4.78, 5) is 0. The quantitative estimate of drug-likeness (QED) is 0.587. The van der Waals surface area contributed by atoms with Crippen LogP contribution in [0.1, 0.15) is 0 Å². The summed E-state index contributed by atoms with van der Waals surface area (Å²) < 4.78 is 13.7. The Bertz CT molecular complexity index is 331. The van der Waals surface area contributed by atoms with Gasteiger partial charge in [0, 0.05) is 12.4 Å². The first-order valence-corrected chi connectivity index (χ1v) is 3.50. The predicted molar refractivity (Wildman–Crippen MR) is 43.0 cm³/mol. The molecule has 2 aromatic rings. The minimum atomic E-state index is -0.450. The van der Waals surface area contributed by atoms with Gasteiger partial charge in [-0.05, 0) is 10.8 Å². The predicted octanol–water partition coefficient (Wildman–Crippen LogP) is 2.57. The third kappa shape index (κ3) is 1.00. The number of fused-ring (bicyclic) bond motifs is 1. The third-order valence-electron chi connectivity index (χ3n) is 1.74. The van der Waals surface area contributed by atoms with Gasteiger partial charge in [0.2, 0.25) is 0 Å². The largest absolute Gasteiger partial charge is 0.325 e. The van der Waals surface area contributed by atoms with Crippen molar-refractivity contribution in [1.82, 2.24) is 4.57 Å². The van der Waals surface area contributed by atoms with E-state index in [2.05, 4.69) is 0 Å². The van der Waals surface area contributed by atoms with Crippen molar-refractivity contribution in [3.63, 3.8) is 0 Å². The van der Waals surface area contributed by atoms with Crippen LogP contribution in [0.2, 0.25) is 0 Å². The first-order chi connectivity index (χ1) is 5.40. The van der Waals surface area contributed by atoms with Gasteiger partial charge in [-0.1, -0.05) is 24.3 Å². The molecule has 0 amide bonds. The standard InChI is InChI=1S/C9H8FN/c10-7-11-5-8-3-1-2-4-9(8)6-11/h1-6H,7H2. The molecular weight excluding hydrogens is 141 g/mol. The molecule has 2 rings (SSSR count). The van der Waals surface area contributed by atoms with Gasteiger partial charge in [-0.3, -0.25) is 0 Å². The number of hydrogen-bond donors (Lipinski definition) is 0. The summed E-state index contributed by atoms with van der Waals surface area (Å²) in [5, 5.41) is 2.18. The summed E-state index contributed by atoms with van der Waals surface area (Å²) in [6, 6.07) is 7.85. The average Bonchev–Trinajstić information content (AvgIpc) is 2.46. The van der Waals surface area contributed by atoms with Crippen LogP contribution in [0.3, 0.4) is 0 Å². The van der Waals surface area contributed by atoms with Gasteiger partial charge >= 0.3 is 0 Å². The van der Waals surface area contributed by atoms with Crippen LogP contribution in [0.4, 0.5) is 4.39 Å². The maximum absolute atomic E-state index is 12.1. The van der Waals surface area contributed by atoms with Crippen molar-refractivity contribution in [3.05, 3.63) is 36.7 Å². The van der Waals surface area contributed by atoms with E-state index < -0.39 is 6.80 Å². The van der Waals surface area contributed by atoms with Gasteiger partial charge in [0.15, 0.2) is 6.80 Å². The molecule has 0 N–H and O–H groups in total. The molecule has 1 aromatic carbocycles. The second kappa shape index (κ2) is 2.38. The molecular formula is C9H8FN. The maximum atomic E-state index is 12.1. The van der Waals surface area contributed by atoms with Gasteiger partial charge in [0.1, 0.15) is 0 Å². The first-order valence-electron chi connectivity index (χ1n) is 3.50. The van der Waals surface area contributed by atoms with Crippen LogP contribution in [-0.2, 0) is 6.80 Å². The number of nitrogens with zero attached hydrogens (tertiary/aromatic N) is 1. The summed E-state index contributed by atoms with van der Waals surface area (Å²) in [5.74, 6) is 0. The topological polar surface area (TPSA) is 4.93 Å². The van der Waals surface area contributed by atoms with Crippen LogP contribution in [0, 0.1) is 0 Å². The Kier molecular flexibility index (Phi) is 1.39. The van der Waals surface area contributed by atoms with E-state index in [0.717, 1.165) is 10.8 Å². The Morgan fingerprint density at radius 2 is 1.64 bits per heavy atom. The lowest BCUT2D eigenvalue weighted by molar-refractivity contribution is 0.379. The number of rotatable bonds is 1. The van der Waals surface area contributed by atoms with E-state index in [1.165, 1.54) is 4.57 Å². The third-order valence-corrected chi connectivity index (χ3v) is 1.74. The van der Waals surface area contributed by atoms with E-state index in [4.69, 9.17) is 0 Å². The van der Waals surface area contributed by atoms with Crippen LogP contribution in [0.25, 0.3) is 10.8 Å². The van der Waals surface area contributed by atoms with E-state index in [9.17, 15) is 4.39 Å². The van der Waals surface area contributed by atoms with Gasteiger partial charge in [-0.2, -0.15) is 0 Å². The molecule has 0 aliphatic rings. The number of aromatic nitrogens is 1. The molecule has 0 saturated carbocycles. The van der Waals surface area contributed by atoms with Crippen molar-refractivity contribution in [2.24, 2.45) is 0 Å². The first kappa shape index (κ1) is 6.40. The number of alkyl halides is 1. The molecule has 0 atom stereocenters. The molecule has 0 spiro atoms. The molecule has 0 radical (unpaired) electrons. The number of hydrogen-bond acceptors (Lipinski definition) is 0. The van der Waals surface area contributed by atoms with Gasteiger partial charge in [-0.15, -0.1) is 0 Å². The van der Waals surface area contributed by atoms with E-state index in [0.29, 0.717) is 0 Å². The summed E-state index contributed by atoms with van der Waals surface area (Å²) in [6.45, 7) is -0.450. The summed E-state index contributed by atoms with van der Waals surface area (Å²) in [7, 11) is 0. The second-order valence-corrected chi connectivity index (χ2v) is 2.52. The molecule has 0 unspecified atom stereocenters. The van der Waals surface area contributed by atoms with Crippen LogP contribution < -0.4 is 0 Å². The fourth-order valence-electron chi connectivity index (χ4n) is 1.21. The number of benzene rings is 1. The highest BCUT2D eigenvalue weighted by molar-refractivity contribution is 5.81. The van der Waals surface area contributed by atoms with Gasteiger partial charge < -0.3 is 4.57 Å². The number of halogens is 1. The molecule has 0 fully saturated rings. The minimum absolute atomic E-state index is 0.450. The van der Waals surface area contributed by atoms with Crippen molar-refractivity contribution >= 4 is 10.8 Å². The lowest BCUT2D eigenvalue weighted by Crippen LogP contribution is -1.84. The molecule has 2 heteroatoms. The Morgan fingerprint density at radius 1 is 1.09 bits per heavy atom. The summed E-state index contributed by atoms with van der Waals surface area (Å²) in [6.07, 6.45) is 3.60. The van der Waals surface area contributed by atoms with Crippen molar-refractivity contribution < 1.29 is 4.39 Å². The molecule has 1 heterocycles. The highest BCUT2D eigenvalue weighted by atomic mass is 19.1. The molecule has 56 valence electrons. The minimum Gasteiger partial charge on any atom is -0.325 e. The lowest BCUT2D eigenvalue weighted by Gasteiger charge is -1.87. The van der Waals surface area contributed by atoms with Crippen molar-refractivity contribution in [3.8, 4) is 0 Å². The molecule has 1 nitrogen and oxygen atoms in total. The Labute approximate surface area is 64.1 Å². The van der Waals surface area contributed by atoms with Crippen LogP contribution >= 0.6 is 0 Å². The van der Waals surface area contributed by atoms with E-state index in [1.54, 1.807) is 12.4 Å². The average molecular weight is 149 g/mol. The molecule has 0 aliphatic heterocycles. The Hall–Kier alpha value is -1.31. The Morgan fingerprint density at radius 3 is 2.09 bits per heavy atom. The highest BCUT2D eigenvalue weighted by Crippen LogP contribution is 2.13. The fraction of sp³-hybridized carbons (Fsp3) is 0.111. The summed E-state index contributed by atoms with van der Waals surface area (Å²) in [5.41, 5.74) is 0. The van der Waals surface area contributed by atoms with Crippen molar-refractivity contribution in [1.29, 1.82) is 0 Å². The van der Waals surface area contributed by atoms with Gasteiger partial charge in [-0.25, -0.2) is 4.39 Å². The van der Waals surface area contributed by atoms with Crippen LogP contribution in [-0.4, -0.2) is 4.57 Å². The van der Waals surface area contributed by atoms with E-state index >= 15 is 0 Å². The Balaban J connectivity index is 2.69. The summed E-state index contributed by atoms with van der Waals surface area (Å²) >= 11 is 0. The molecule has 1 aromatic heterocycles. The zero-order valence-corrected chi connectivity index (χ0v) is 6.00. The lowest BCUT2D eigenvalue weighted by atomic mass is 10.2. The zero-order valence-electron chi connectivity index (χ0n) is 6.00. The van der Waals surface area contributed by atoms with Gasteiger partial charge in [0.25, 0.3) is 0 Å². The van der Waals surface area contributed by atoms with Crippen LogP contribution in [0.5, 0.6) is 0 Å². The molecule has 0 bridgehead atoms. The SMILES string of the molecule is FCn1cc2ccccc2c1. The molecule has 11 heavy (non-hydrogen) atoms. The fourth-order valence-corrected chi connectivity index (χ4v) is 1.21. The van der Waals surface area contributed by atoms with Crippen molar-refractivity contribution in [2.45, 2.75) is 6.80 Å². The monoisotopic (exact) mass is 149 g/mol. The van der Waals surface area contributed by atoms with Gasteiger partial charge in [0.05, 0.1) is 0 Å². The molecule has 0 aliphatic carbocycles. The van der Waals surface area contributed by atoms with Crippen LogP contribution in [0.15, 0.2) is 36.7 Å².